The molecule has 0 aliphatic carbocycles. The van der Waals surface area contributed by atoms with Crippen molar-refractivity contribution in [2.24, 2.45) is 5.92 Å². The van der Waals surface area contributed by atoms with E-state index < -0.39 is 17.5 Å². The van der Waals surface area contributed by atoms with Crippen molar-refractivity contribution in [3.8, 4) is 0 Å². The van der Waals surface area contributed by atoms with Crippen LogP contribution in [0.2, 0.25) is 0 Å². The van der Waals surface area contributed by atoms with Crippen molar-refractivity contribution in [3.05, 3.63) is 23.5 Å². The maximum atomic E-state index is 13.7. The first-order valence-corrected chi connectivity index (χ1v) is 6.29. The Morgan fingerprint density at radius 2 is 2.06 bits per heavy atom. The van der Waals surface area contributed by atoms with Crippen LogP contribution in [-0.2, 0) is 4.79 Å². The molecule has 0 fully saturated rings. The van der Waals surface area contributed by atoms with Crippen LogP contribution in [-0.4, -0.2) is 17.4 Å². The number of amides is 1. The van der Waals surface area contributed by atoms with Crippen molar-refractivity contribution in [1.29, 1.82) is 0 Å². The van der Waals surface area contributed by atoms with Crippen molar-refractivity contribution in [2.45, 2.75) is 18.7 Å². The van der Waals surface area contributed by atoms with E-state index in [9.17, 15) is 14.0 Å². The molecule has 1 heterocycles. The van der Waals surface area contributed by atoms with Gasteiger partial charge in [0.25, 0.3) is 11.7 Å². The molecule has 5 heteroatoms. The summed E-state index contributed by atoms with van der Waals surface area (Å²) in [6.07, 6.45) is 0. The molecule has 1 amide bonds. The van der Waals surface area contributed by atoms with Crippen molar-refractivity contribution in [2.75, 3.05) is 11.1 Å². The number of hydrogen-bond donors (Lipinski definition) is 1. The number of thioether (sulfide) groups is 1. The minimum atomic E-state index is -0.689. The summed E-state index contributed by atoms with van der Waals surface area (Å²) in [5.74, 6) is -0.565. The van der Waals surface area contributed by atoms with Gasteiger partial charge >= 0.3 is 0 Å². The van der Waals surface area contributed by atoms with E-state index >= 15 is 0 Å². The van der Waals surface area contributed by atoms with Crippen LogP contribution < -0.4 is 5.32 Å². The highest BCUT2D eigenvalue weighted by molar-refractivity contribution is 7.99. The first-order valence-electron chi connectivity index (χ1n) is 5.31. The molecule has 0 bridgehead atoms. The molecule has 0 saturated carbocycles. The maximum absolute atomic E-state index is 13.7. The highest BCUT2D eigenvalue weighted by Gasteiger charge is 2.29. The van der Waals surface area contributed by atoms with Gasteiger partial charge in [-0.15, -0.1) is 11.8 Å². The Labute approximate surface area is 103 Å². The molecule has 1 aromatic rings. The average molecular weight is 253 g/mol. The third-order valence-electron chi connectivity index (χ3n) is 2.34. The second kappa shape index (κ2) is 4.49. The smallest absolute Gasteiger partial charge is 0.296 e. The molecule has 1 aliphatic rings. The second-order valence-corrected chi connectivity index (χ2v) is 5.38. The van der Waals surface area contributed by atoms with Crippen molar-refractivity contribution in [3.63, 3.8) is 0 Å². The van der Waals surface area contributed by atoms with Crippen LogP contribution >= 0.6 is 11.8 Å². The van der Waals surface area contributed by atoms with Gasteiger partial charge in [0.05, 0.1) is 11.3 Å². The van der Waals surface area contributed by atoms with Gasteiger partial charge in [0.15, 0.2) is 0 Å². The van der Waals surface area contributed by atoms with E-state index in [2.05, 4.69) is 5.32 Å². The summed E-state index contributed by atoms with van der Waals surface area (Å²) in [5.41, 5.74) is 0.536. The Morgan fingerprint density at radius 1 is 1.35 bits per heavy atom. The van der Waals surface area contributed by atoms with E-state index in [0.717, 1.165) is 11.8 Å². The summed E-state index contributed by atoms with van der Waals surface area (Å²) < 4.78 is 13.7. The molecular formula is C12H12FNO2S. The quantitative estimate of drug-likeness (QED) is 0.665. The lowest BCUT2D eigenvalue weighted by atomic mass is 10.1. The van der Waals surface area contributed by atoms with E-state index in [1.54, 1.807) is 0 Å². The summed E-state index contributed by atoms with van der Waals surface area (Å²) in [4.78, 5) is 22.9. The van der Waals surface area contributed by atoms with Crippen LogP contribution in [0, 0.1) is 11.7 Å². The average Bonchev–Trinajstić information content (AvgIpc) is 2.52. The van der Waals surface area contributed by atoms with Crippen LogP contribution in [0.4, 0.5) is 10.1 Å². The molecule has 0 radical (unpaired) electrons. The zero-order chi connectivity index (χ0) is 12.6. The predicted octanol–water partition coefficient (Wildman–Crippen LogP) is 2.71. The van der Waals surface area contributed by atoms with Gasteiger partial charge in [-0.05, 0) is 18.1 Å². The lowest BCUT2D eigenvalue weighted by Crippen LogP contribution is -2.12. The molecule has 17 heavy (non-hydrogen) atoms. The number of ketones is 1. The van der Waals surface area contributed by atoms with E-state index in [4.69, 9.17) is 0 Å². The van der Waals surface area contributed by atoms with Crippen LogP contribution in [0.5, 0.6) is 0 Å². The van der Waals surface area contributed by atoms with Crippen LogP contribution in [0.3, 0.4) is 0 Å². The number of nitrogens with one attached hydrogen (secondary N) is 1. The Morgan fingerprint density at radius 3 is 2.71 bits per heavy atom. The summed E-state index contributed by atoms with van der Waals surface area (Å²) in [7, 11) is 0. The van der Waals surface area contributed by atoms with Crippen molar-refractivity contribution >= 4 is 29.1 Å². The Kier molecular flexibility index (Phi) is 3.19. The lowest BCUT2D eigenvalue weighted by Gasteiger charge is -2.07. The van der Waals surface area contributed by atoms with Gasteiger partial charge in [-0.3, -0.25) is 9.59 Å². The molecule has 1 aromatic carbocycles. The number of benzene rings is 1. The molecule has 1 N–H and O–H groups in total. The number of carbonyl (C=O) groups excluding carboxylic acids is 2. The molecular weight excluding hydrogens is 241 g/mol. The Balaban J connectivity index is 2.30. The lowest BCUT2D eigenvalue weighted by molar-refractivity contribution is -0.112. The maximum Gasteiger partial charge on any atom is 0.296 e. The van der Waals surface area contributed by atoms with E-state index in [1.807, 2.05) is 13.8 Å². The summed E-state index contributed by atoms with van der Waals surface area (Å²) in [6, 6.07) is 2.67. The van der Waals surface area contributed by atoms with Crippen molar-refractivity contribution in [1.82, 2.24) is 0 Å². The normalized spacial score (nSPS) is 14.1. The number of anilines is 1. The topological polar surface area (TPSA) is 46.2 Å². The molecule has 0 spiro atoms. The van der Waals surface area contributed by atoms with Gasteiger partial charge < -0.3 is 5.32 Å². The first-order chi connectivity index (χ1) is 7.99. The molecule has 1 aliphatic heterocycles. The zero-order valence-electron chi connectivity index (χ0n) is 9.54. The SMILES string of the molecule is CC(C)CSc1cc2c(cc1F)C(=O)C(=O)N2. The summed E-state index contributed by atoms with van der Waals surface area (Å²) >= 11 is 1.39. The largest absolute Gasteiger partial charge is 0.318 e. The molecule has 2 rings (SSSR count). The Bertz CT molecular complexity index is 500. The molecule has 0 saturated heterocycles. The monoisotopic (exact) mass is 253 g/mol. The van der Waals surface area contributed by atoms with Crippen LogP contribution in [0.25, 0.3) is 0 Å². The minimum Gasteiger partial charge on any atom is -0.318 e. The van der Waals surface area contributed by atoms with E-state index in [1.165, 1.54) is 17.8 Å². The zero-order valence-corrected chi connectivity index (χ0v) is 10.4. The van der Waals surface area contributed by atoms with Gasteiger partial charge in [0.2, 0.25) is 0 Å². The van der Waals surface area contributed by atoms with Gasteiger partial charge in [-0.1, -0.05) is 13.8 Å². The molecule has 0 atom stereocenters. The fraction of sp³-hybridized carbons (Fsp3) is 0.333. The van der Waals surface area contributed by atoms with Gasteiger partial charge in [-0.25, -0.2) is 4.39 Å². The summed E-state index contributed by atoms with van der Waals surface area (Å²) in [5, 5.41) is 2.43. The Hall–Kier alpha value is -1.36. The second-order valence-electron chi connectivity index (χ2n) is 4.32. The third-order valence-corrected chi connectivity index (χ3v) is 3.80. The number of hydrogen-bond acceptors (Lipinski definition) is 3. The minimum absolute atomic E-state index is 0.126. The molecule has 90 valence electrons. The fourth-order valence-electron chi connectivity index (χ4n) is 1.51. The van der Waals surface area contributed by atoms with Crippen LogP contribution in [0.15, 0.2) is 17.0 Å². The van der Waals surface area contributed by atoms with Gasteiger partial charge in [0.1, 0.15) is 5.82 Å². The number of halogens is 1. The van der Waals surface area contributed by atoms with E-state index in [-0.39, 0.29) is 5.56 Å². The predicted molar refractivity (Wildman–Crippen MR) is 64.9 cm³/mol. The highest BCUT2D eigenvalue weighted by atomic mass is 32.2. The number of carbonyl (C=O) groups is 2. The fourth-order valence-corrected chi connectivity index (χ4v) is 2.42. The number of Topliss-reactive ketones (excluding diaryl/α,β-unsaturated/α-hetero) is 1. The molecule has 0 aromatic heterocycles. The number of rotatable bonds is 3. The van der Waals surface area contributed by atoms with E-state index in [0.29, 0.717) is 16.5 Å². The number of fused-ring (bicyclic) bond motifs is 1. The highest BCUT2D eigenvalue weighted by Crippen LogP contribution is 2.32. The molecule has 0 unspecified atom stereocenters. The van der Waals surface area contributed by atoms with Gasteiger partial charge in [0, 0.05) is 10.6 Å². The standard InChI is InChI=1S/C12H12FNO2S/c1-6(2)5-17-10-4-9-7(3-8(10)13)11(15)12(16)14-9/h3-4,6H,5H2,1-2H3,(H,14,15,16). The van der Waals surface area contributed by atoms with Crippen molar-refractivity contribution < 1.29 is 14.0 Å². The van der Waals surface area contributed by atoms with Gasteiger partial charge in [-0.2, -0.15) is 0 Å². The first kappa shape index (κ1) is 12.1. The summed E-state index contributed by atoms with van der Waals surface area (Å²) in [6.45, 7) is 4.09. The third kappa shape index (κ3) is 2.34. The van der Waals surface area contributed by atoms with Crippen LogP contribution in [0.1, 0.15) is 24.2 Å². The molecule has 3 nitrogen and oxygen atoms in total.